The van der Waals surface area contributed by atoms with Gasteiger partial charge in [-0.1, -0.05) is 0 Å². The third-order valence-corrected chi connectivity index (χ3v) is 4.59. The summed E-state index contributed by atoms with van der Waals surface area (Å²) in [5.74, 6) is 2.18. The zero-order chi connectivity index (χ0) is 17.9. The summed E-state index contributed by atoms with van der Waals surface area (Å²) >= 11 is 0. The number of aliphatic hydroxyl groups excluding tert-OH is 1. The van der Waals surface area contributed by atoms with Gasteiger partial charge in [-0.25, -0.2) is 0 Å². The van der Waals surface area contributed by atoms with Crippen LogP contribution < -0.4 is 5.73 Å². The highest BCUT2D eigenvalue weighted by atomic mass is 16.3. The van der Waals surface area contributed by atoms with Crippen molar-refractivity contribution in [2.45, 2.75) is 44.7 Å². The molecule has 0 unspecified atom stereocenters. The Hall–Kier alpha value is -1.51. The summed E-state index contributed by atoms with van der Waals surface area (Å²) in [6.07, 6.45) is 1.75. The van der Waals surface area contributed by atoms with E-state index in [1.54, 1.807) is 13.8 Å². The molecule has 1 aliphatic heterocycles. The van der Waals surface area contributed by atoms with Crippen LogP contribution in [-0.2, 0) is 18.4 Å². The van der Waals surface area contributed by atoms with E-state index in [1.165, 1.54) is 0 Å². The maximum absolute atomic E-state index is 12.3. The van der Waals surface area contributed by atoms with Gasteiger partial charge in [-0.3, -0.25) is 9.69 Å². The lowest BCUT2D eigenvalue weighted by Crippen LogP contribution is -2.53. The second-order valence-electron chi connectivity index (χ2n) is 7.28. The number of likely N-dealkylation sites (N-methyl/N-ethyl adjacent to an activating group) is 1. The lowest BCUT2D eigenvalue weighted by Gasteiger charge is -2.35. The second kappa shape index (κ2) is 7.58. The molecule has 0 aromatic carbocycles. The summed E-state index contributed by atoms with van der Waals surface area (Å²) in [7, 11) is 3.93. The predicted molar refractivity (Wildman–Crippen MR) is 91.2 cm³/mol. The lowest BCUT2D eigenvalue weighted by atomic mass is 9.94. The number of likely N-dealkylation sites (tertiary alicyclic amines) is 1. The molecular formula is C16H30N6O2. The van der Waals surface area contributed by atoms with Crippen molar-refractivity contribution < 1.29 is 9.90 Å². The summed E-state index contributed by atoms with van der Waals surface area (Å²) in [5.41, 5.74) is 5.10. The van der Waals surface area contributed by atoms with Crippen LogP contribution in [0.15, 0.2) is 0 Å². The minimum atomic E-state index is -0.817. The third-order valence-electron chi connectivity index (χ3n) is 4.59. The maximum Gasteiger partial charge on any atom is 0.242 e. The molecule has 136 valence electrons. The molecule has 0 bridgehead atoms. The van der Waals surface area contributed by atoms with Crippen LogP contribution in [0.3, 0.4) is 0 Å². The molecule has 2 rings (SSSR count). The highest BCUT2D eigenvalue weighted by Gasteiger charge is 2.32. The Morgan fingerprint density at radius 1 is 1.38 bits per heavy atom. The molecule has 1 saturated heterocycles. The van der Waals surface area contributed by atoms with Crippen LogP contribution >= 0.6 is 0 Å². The normalized spacial score (nSPS) is 16.9. The minimum Gasteiger partial charge on any atom is -0.395 e. The Morgan fingerprint density at radius 2 is 2.00 bits per heavy atom. The van der Waals surface area contributed by atoms with Crippen LogP contribution in [0.4, 0.5) is 0 Å². The summed E-state index contributed by atoms with van der Waals surface area (Å²) in [4.78, 5) is 16.1. The molecule has 0 spiro atoms. The van der Waals surface area contributed by atoms with Crippen molar-refractivity contribution in [1.29, 1.82) is 0 Å². The number of nitrogens with zero attached hydrogens (tertiary/aromatic N) is 5. The van der Waals surface area contributed by atoms with Crippen LogP contribution in [-0.4, -0.2) is 74.4 Å². The van der Waals surface area contributed by atoms with Gasteiger partial charge < -0.3 is 20.3 Å². The summed E-state index contributed by atoms with van der Waals surface area (Å²) in [6, 6.07) is 0. The van der Waals surface area contributed by atoms with Gasteiger partial charge in [0.2, 0.25) is 5.91 Å². The van der Waals surface area contributed by atoms with Crippen LogP contribution in [0.2, 0.25) is 0 Å². The molecule has 8 nitrogen and oxygen atoms in total. The molecule has 3 N–H and O–H groups in total. The number of nitrogens with two attached hydrogens (primary N) is 1. The van der Waals surface area contributed by atoms with E-state index in [2.05, 4.69) is 10.2 Å². The number of carbonyl (C=O) groups excluding carboxylic acids is 1. The molecule has 0 saturated carbocycles. The number of rotatable bonds is 6. The first-order chi connectivity index (χ1) is 11.2. The van der Waals surface area contributed by atoms with Gasteiger partial charge in [-0.2, -0.15) is 0 Å². The Bertz CT molecular complexity index is 557. The van der Waals surface area contributed by atoms with E-state index in [0.29, 0.717) is 32.1 Å². The molecular weight excluding hydrogens is 308 g/mol. The van der Waals surface area contributed by atoms with E-state index in [4.69, 9.17) is 10.8 Å². The van der Waals surface area contributed by atoms with Crippen LogP contribution in [0.25, 0.3) is 0 Å². The standard InChI is InChI=1S/C16H30N6O2/c1-16(2,17)15(24)22-7-5-12(6-8-22)14-19-18-13(21(14)4)11-20(3)9-10-23/h12,23H,5-11,17H2,1-4H3. The van der Waals surface area contributed by atoms with Crippen LogP contribution in [0, 0.1) is 0 Å². The van der Waals surface area contributed by atoms with E-state index in [0.717, 1.165) is 24.5 Å². The second-order valence-corrected chi connectivity index (χ2v) is 7.28. The molecule has 1 amide bonds. The number of piperidine rings is 1. The first kappa shape index (κ1) is 18.8. The van der Waals surface area contributed by atoms with Gasteiger partial charge in [-0.05, 0) is 33.7 Å². The number of aliphatic hydroxyl groups is 1. The fraction of sp³-hybridized carbons (Fsp3) is 0.812. The van der Waals surface area contributed by atoms with Gasteiger partial charge in [0.25, 0.3) is 0 Å². The zero-order valence-corrected chi connectivity index (χ0v) is 15.2. The summed E-state index contributed by atoms with van der Waals surface area (Å²) in [5, 5.41) is 17.7. The van der Waals surface area contributed by atoms with E-state index in [9.17, 15) is 4.79 Å². The van der Waals surface area contributed by atoms with Crippen molar-refractivity contribution in [3.63, 3.8) is 0 Å². The number of amides is 1. The highest BCUT2D eigenvalue weighted by molar-refractivity contribution is 5.85. The number of aromatic nitrogens is 3. The van der Waals surface area contributed by atoms with Gasteiger partial charge in [0.15, 0.2) is 0 Å². The molecule has 0 aliphatic carbocycles. The SMILES string of the molecule is CN(CCO)Cc1nnc(C2CCN(C(=O)C(C)(C)N)CC2)n1C. The monoisotopic (exact) mass is 338 g/mol. The van der Waals surface area contributed by atoms with Crippen LogP contribution in [0.1, 0.15) is 44.3 Å². The first-order valence-electron chi connectivity index (χ1n) is 8.50. The largest absolute Gasteiger partial charge is 0.395 e. The van der Waals surface area contributed by atoms with Crippen molar-refractivity contribution in [3.05, 3.63) is 11.6 Å². The maximum atomic E-state index is 12.3. The van der Waals surface area contributed by atoms with E-state index in [1.807, 2.05) is 28.5 Å². The van der Waals surface area contributed by atoms with Gasteiger partial charge >= 0.3 is 0 Å². The topological polar surface area (TPSA) is 101 Å². The Kier molecular flexibility index (Phi) is 5.95. The van der Waals surface area contributed by atoms with Gasteiger partial charge in [0.1, 0.15) is 11.6 Å². The average Bonchev–Trinajstić information content (AvgIpc) is 2.87. The predicted octanol–water partition coefficient (Wildman–Crippen LogP) is -0.317. The van der Waals surface area contributed by atoms with Gasteiger partial charge in [0, 0.05) is 32.6 Å². The molecule has 1 fully saturated rings. The third kappa shape index (κ3) is 4.31. The number of hydrogen-bond donors (Lipinski definition) is 2. The molecule has 24 heavy (non-hydrogen) atoms. The van der Waals surface area contributed by atoms with E-state index >= 15 is 0 Å². The molecule has 1 aliphatic rings. The quantitative estimate of drug-likeness (QED) is 0.737. The number of carbonyl (C=O) groups is 1. The molecule has 8 heteroatoms. The Morgan fingerprint density at radius 3 is 2.54 bits per heavy atom. The Balaban J connectivity index is 1.97. The van der Waals surface area contributed by atoms with Crippen molar-refractivity contribution >= 4 is 5.91 Å². The van der Waals surface area contributed by atoms with E-state index < -0.39 is 5.54 Å². The lowest BCUT2D eigenvalue weighted by molar-refractivity contribution is -0.136. The number of hydrogen-bond acceptors (Lipinski definition) is 6. The van der Waals surface area contributed by atoms with Gasteiger partial charge in [0.05, 0.1) is 18.7 Å². The van der Waals surface area contributed by atoms with Crippen molar-refractivity contribution in [2.75, 3.05) is 33.3 Å². The fourth-order valence-corrected chi connectivity index (χ4v) is 3.11. The molecule has 1 aromatic heterocycles. The summed E-state index contributed by atoms with van der Waals surface area (Å²) in [6.45, 7) is 6.30. The summed E-state index contributed by atoms with van der Waals surface area (Å²) < 4.78 is 2.04. The molecule has 2 heterocycles. The van der Waals surface area contributed by atoms with Crippen LogP contribution in [0.5, 0.6) is 0 Å². The van der Waals surface area contributed by atoms with Crippen molar-refractivity contribution in [1.82, 2.24) is 24.6 Å². The molecule has 0 radical (unpaired) electrons. The van der Waals surface area contributed by atoms with Gasteiger partial charge in [-0.15, -0.1) is 10.2 Å². The van der Waals surface area contributed by atoms with Crippen molar-refractivity contribution in [2.24, 2.45) is 12.8 Å². The Labute approximate surface area is 143 Å². The molecule has 0 atom stereocenters. The van der Waals surface area contributed by atoms with Crippen molar-refractivity contribution in [3.8, 4) is 0 Å². The highest BCUT2D eigenvalue weighted by Crippen LogP contribution is 2.27. The fourth-order valence-electron chi connectivity index (χ4n) is 3.11. The average molecular weight is 338 g/mol. The zero-order valence-electron chi connectivity index (χ0n) is 15.2. The molecule has 1 aromatic rings. The minimum absolute atomic E-state index is 0.00485. The smallest absolute Gasteiger partial charge is 0.242 e. The van der Waals surface area contributed by atoms with E-state index in [-0.39, 0.29) is 12.5 Å². The first-order valence-corrected chi connectivity index (χ1v) is 8.50.